The molecule has 0 fully saturated rings. The van der Waals surface area contributed by atoms with Crippen LogP contribution in [0.4, 0.5) is 0 Å². The fourth-order valence-electron chi connectivity index (χ4n) is 3.23. The lowest BCUT2D eigenvalue weighted by molar-refractivity contribution is 0.0827. The molecule has 0 aliphatic heterocycles. The van der Waals surface area contributed by atoms with Crippen molar-refractivity contribution in [3.05, 3.63) is 101 Å². The average molecular weight is 445 g/mol. The van der Waals surface area contributed by atoms with E-state index < -0.39 is 0 Å². The maximum Gasteiger partial charge on any atom is 0.253 e. The van der Waals surface area contributed by atoms with Crippen LogP contribution >= 0.6 is 0 Å². The number of carbonyl (C=O) groups excluding carboxylic acids is 1. The van der Waals surface area contributed by atoms with Gasteiger partial charge in [0.1, 0.15) is 12.4 Å². The molecule has 0 unspecified atom stereocenters. The number of hydrogen-bond donors (Lipinski definition) is 2. The van der Waals surface area contributed by atoms with Crippen LogP contribution in [0.3, 0.4) is 0 Å². The van der Waals surface area contributed by atoms with Crippen LogP contribution < -0.4 is 15.4 Å². The van der Waals surface area contributed by atoms with Crippen molar-refractivity contribution in [2.45, 2.75) is 26.6 Å². The minimum atomic E-state index is -0.00629. The number of ether oxygens (including phenoxy) is 1. The van der Waals surface area contributed by atoms with Crippen LogP contribution in [0.2, 0.25) is 0 Å². The van der Waals surface area contributed by atoms with E-state index in [0.29, 0.717) is 25.3 Å². The Morgan fingerprint density at radius 2 is 1.58 bits per heavy atom. The molecule has 0 radical (unpaired) electrons. The SMILES string of the molecule is CCNC(=NCc1ccc(C(=O)N(C)C)cc1)NCc1ccccc1OCc1ccccc1. The van der Waals surface area contributed by atoms with Gasteiger partial charge in [0.25, 0.3) is 5.91 Å². The van der Waals surface area contributed by atoms with Gasteiger partial charge in [0, 0.05) is 38.3 Å². The van der Waals surface area contributed by atoms with E-state index in [0.717, 1.165) is 34.9 Å². The molecule has 6 heteroatoms. The maximum atomic E-state index is 12.0. The third-order valence-electron chi connectivity index (χ3n) is 5.03. The monoisotopic (exact) mass is 444 g/mol. The first-order valence-corrected chi connectivity index (χ1v) is 11.1. The van der Waals surface area contributed by atoms with Gasteiger partial charge in [-0.3, -0.25) is 4.79 Å². The second kappa shape index (κ2) is 12.3. The number of aliphatic imine (C=N–C) groups is 1. The molecule has 3 rings (SSSR count). The Kier molecular flexibility index (Phi) is 8.88. The van der Waals surface area contributed by atoms with Crippen molar-refractivity contribution < 1.29 is 9.53 Å². The molecular formula is C27H32N4O2. The number of benzene rings is 3. The Hall–Kier alpha value is -3.80. The normalized spacial score (nSPS) is 11.1. The second-order valence-electron chi connectivity index (χ2n) is 7.83. The van der Waals surface area contributed by atoms with Crippen LogP contribution in [0.15, 0.2) is 83.9 Å². The molecule has 0 aliphatic rings. The van der Waals surface area contributed by atoms with E-state index in [1.807, 2.05) is 67.6 Å². The fourth-order valence-corrected chi connectivity index (χ4v) is 3.23. The molecule has 6 nitrogen and oxygen atoms in total. The van der Waals surface area contributed by atoms with Gasteiger partial charge in [-0.1, -0.05) is 60.7 Å². The van der Waals surface area contributed by atoms with E-state index in [1.54, 1.807) is 19.0 Å². The van der Waals surface area contributed by atoms with E-state index in [2.05, 4.69) is 33.8 Å². The number of amides is 1. The molecule has 0 heterocycles. The predicted molar refractivity (Wildman–Crippen MR) is 133 cm³/mol. The standard InChI is InChI=1S/C27H32N4O2/c1-4-28-27(29-18-21-14-16-23(17-15-21)26(32)31(2)3)30-19-24-12-8-9-13-25(24)33-20-22-10-6-5-7-11-22/h5-17H,4,18-20H2,1-3H3,(H2,28,29,30). The third-order valence-corrected chi connectivity index (χ3v) is 5.03. The third kappa shape index (κ3) is 7.38. The first kappa shape index (κ1) is 23.9. The van der Waals surface area contributed by atoms with Crippen LogP contribution in [0.5, 0.6) is 5.75 Å². The Morgan fingerprint density at radius 1 is 0.879 bits per heavy atom. The highest BCUT2D eigenvalue weighted by atomic mass is 16.5. The highest BCUT2D eigenvalue weighted by molar-refractivity contribution is 5.93. The van der Waals surface area contributed by atoms with Crippen molar-refractivity contribution in [1.82, 2.24) is 15.5 Å². The van der Waals surface area contributed by atoms with Crippen LogP contribution in [0, 0.1) is 0 Å². The number of hydrogen-bond acceptors (Lipinski definition) is 3. The molecule has 0 atom stereocenters. The van der Waals surface area contributed by atoms with Gasteiger partial charge in [-0.2, -0.15) is 0 Å². The maximum absolute atomic E-state index is 12.0. The first-order valence-electron chi connectivity index (χ1n) is 11.1. The zero-order valence-electron chi connectivity index (χ0n) is 19.5. The van der Waals surface area contributed by atoms with Gasteiger partial charge >= 0.3 is 0 Å². The molecule has 0 aromatic heterocycles. The predicted octanol–water partition coefficient (Wildman–Crippen LogP) is 4.22. The number of rotatable bonds is 9. The summed E-state index contributed by atoms with van der Waals surface area (Å²) in [7, 11) is 3.50. The van der Waals surface area contributed by atoms with Crippen molar-refractivity contribution >= 4 is 11.9 Å². The van der Waals surface area contributed by atoms with E-state index in [1.165, 1.54) is 0 Å². The average Bonchev–Trinajstić information content (AvgIpc) is 2.85. The van der Waals surface area contributed by atoms with E-state index in [9.17, 15) is 4.79 Å². The highest BCUT2D eigenvalue weighted by Gasteiger charge is 2.08. The molecule has 33 heavy (non-hydrogen) atoms. The molecule has 0 saturated carbocycles. The smallest absolute Gasteiger partial charge is 0.253 e. The van der Waals surface area contributed by atoms with E-state index >= 15 is 0 Å². The zero-order chi connectivity index (χ0) is 23.5. The van der Waals surface area contributed by atoms with Crippen LogP contribution in [0.25, 0.3) is 0 Å². The lowest BCUT2D eigenvalue weighted by atomic mass is 10.1. The summed E-state index contributed by atoms with van der Waals surface area (Å²) in [6.45, 7) is 4.42. The zero-order valence-corrected chi connectivity index (χ0v) is 19.5. The van der Waals surface area contributed by atoms with Crippen molar-refractivity contribution in [3.63, 3.8) is 0 Å². The van der Waals surface area contributed by atoms with Gasteiger partial charge in [-0.05, 0) is 36.2 Å². The van der Waals surface area contributed by atoms with Crippen LogP contribution in [0.1, 0.15) is 34.0 Å². The summed E-state index contributed by atoms with van der Waals surface area (Å²) in [5.41, 5.74) is 3.90. The number of guanidine groups is 1. The summed E-state index contributed by atoms with van der Waals surface area (Å²) in [6, 6.07) is 25.7. The minimum absolute atomic E-state index is 0.00629. The molecular weight excluding hydrogens is 412 g/mol. The molecule has 1 amide bonds. The van der Waals surface area contributed by atoms with Gasteiger partial charge < -0.3 is 20.3 Å². The first-order chi connectivity index (χ1) is 16.1. The summed E-state index contributed by atoms with van der Waals surface area (Å²) >= 11 is 0. The topological polar surface area (TPSA) is 66.0 Å². The number of carbonyl (C=O) groups is 1. The molecule has 172 valence electrons. The van der Waals surface area contributed by atoms with Gasteiger partial charge in [0.15, 0.2) is 5.96 Å². The van der Waals surface area contributed by atoms with E-state index in [4.69, 9.17) is 4.74 Å². The molecule has 0 bridgehead atoms. The molecule has 0 spiro atoms. The number of para-hydroxylation sites is 1. The van der Waals surface area contributed by atoms with Crippen LogP contribution in [-0.4, -0.2) is 37.4 Å². The summed E-state index contributed by atoms with van der Waals surface area (Å²) in [4.78, 5) is 18.3. The van der Waals surface area contributed by atoms with Crippen molar-refractivity contribution in [2.75, 3.05) is 20.6 Å². The summed E-state index contributed by atoms with van der Waals surface area (Å²) in [6.07, 6.45) is 0. The van der Waals surface area contributed by atoms with Gasteiger partial charge in [-0.15, -0.1) is 0 Å². The Balaban J connectivity index is 1.61. The fraction of sp³-hybridized carbons (Fsp3) is 0.259. The molecule has 0 aliphatic carbocycles. The number of nitrogens with zero attached hydrogens (tertiary/aromatic N) is 2. The number of nitrogens with one attached hydrogen (secondary N) is 2. The summed E-state index contributed by atoms with van der Waals surface area (Å²) in [5, 5.41) is 6.67. The Bertz CT molecular complexity index is 1050. The lowest BCUT2D eigenvalue weighted by Gasteiger charge is -2.15. The van der Waals surface area contributed by atoms with Gasteiger partial charge in [0.2, 0.25) is 0 Å². The van der Waals surface area contributed by atoms with Crippen molar-refractivity contribution in [2.24, 2.45) is 4.99 Å². The van der Waals surface area contributed by atoms with Crippen molar-refractivity contribution in [3.8, 4) is 5.75 Å². The molecule has 3 aromatic rings. The lowest BCUT2D eigenvalue weighted by Crippen LogP contribution is -2.36. The van der Waals surface area contributed by atoms with E-state index in [-0.39, 0.29) is 5.91 Å². The summed E-state index contributed by atoms with van der Waals surface area (Å²) in [5.74, 6) is 1.57. The largest absolute Gasteiger partial charge is 0.489 e. The quantitative estimate of drug-likeness (QED) is 0.383. The second-order valence-corrected chi connectivity index (χ2v) is 7.83. The molecule has 0 saturated heterocycles. The van der Waals surface area contributed by atoms with Gasteiger partial charge in [-0.25, -0.2) is 4.99 Å². The Labute approximate surface area is 196 Å². The molecule has 2 N–H and O–H groups in total. The molecule has 3 aromatic carbocycles. The highest BCUT2D eigenvalue weighted by Crippen LogP contribution is 2.19. The van der Waals surface area contributed by atoms with Crippen LogP contribution in [-0.2, 0) is 19.7 Å². The summed E-state index contributed by atoms with van der Waals surface area (Å²) < 4.78 is 6.06. The van der Waals surface area contributed by atoms with Gasteiger partial charge in [0.05, 0.1) is 6.54 Å². The minimum Gasteiger partial charge on any atom is -0.489 e. The Morgan fingerprint density at radius 3 is 2.27 bits per heavy atom. The van der Waals surface area contributed by atoms with Crippen molar-refractivity contribution in [1.29, 1.82) is 0 Å².